The second-order valence-electron chi connectivity index (χ2n) is 4.86. The minimum atomic E-state index is -0.396. The maximum absolute atomic E-state index is 12.0. The van der Waals surface area contributed by atoms with Gasteiger partial charge in [-0.2, -0.15) is 0 Å². The summed E-state index contributed by atoms with van der Waals surface area (Å²) in [6.07, 6.45) is 0. The van der Waals surface area contributed by atoms with E-state index in [0.717, 1.165) is 21.4 Å². The molecule has 0 radical (unpaired) electrons. The molecule has 16 heavy (non-hydrogen) atoms. The molecule has 0 aromatic heterocycles. The molecular weight excluding hydrogens is 268 g/mol. The smallest absolute Gasteiger partial charge is 0.231 e. The third kappa shape index (κ3) is 1.94. The van der Waals surface area contributed by atoms with Crippen LogP contribution in [-0.4, -0.2) is 12.5 Å². The maximum Gasteiger partial charge on any atom is 0.231 e. The highest BCUT2D eigenvalue weighted by Gasteiger charge is 2.31. The minimum Gasteiger partial charge on any atom is -0.382 e. The van der Waals surface area contributed by atoms with E-state index in [2.05, 4.69) is 26.6 Å². The van der Waals surface area contributed by atoms with Crippen LogP contribution >= 0.6 is 15.9 Å². The molecule has 1 aliphatic heterocycles. The van der Waals surface area contributed by atoms with Crippen LogP contribution in [0.1, 0.15) is 19.4 Å². The van der Waals surface area contributed by atoms with Gasteiger partial charge in [0.2, 0.25) is 5.91 Å². The van der Waals surface area contributed by atoms with Crippen LogP contribution in [-0.2, 0) is 4.79 Å². The lowest BCUT2D eigenvalue weighted by molar-refractivity contribution is -0.123. The third-order valence-electron chi connectivity index (χ3n) is 2.81. The largest absolute Gasteiger partial charge is 0.382 e. The zero-order chi connectivity index (χ0) is 11.9. The zero-order valence-electron chi connectivity index (χ0n) is 9.65. The molecule has 1 aromatic rings. The second-order valence-corrected chi connectivity index (χ2v) is 5.72. The molecule has 1 amide bonds. The number of aryl methyl sites for hydroxylation is 1. The van der Waals surface area contributed by atoms with Crippen LogP contribution in [0.2, 0.25) is 0 Å². The van der Waals surface area contributed by atoms with Crippen LogP contribution < -0.4 is 10.6 Å². The van der Waals surface area contributed by atoms with Crippen molar-refractivity contribution in [2.24, 2.45) is 5.41 Å². The Morgan fingerprint density at radius 3 is 2.75 bits per heavy atom. The molecule has 4 heteroatoms. The van der Waals surface area contributed by atoms with E-state index < -0.39 is 5.41 Å². The summed E-state index contributed by atoms with van der Waals surface area (Å²) in [6.45, 7) is 6.54. The second kappa shape index (κ2) is 3.77. The van der Waals surface area contributed by atoms with Crippen LogP contribution in [0, 0.1) is 12.3 Å². The first kappa shape index (κ1) is 11.5. The van der Waals surface area contributed by atoms with E-state index in [1.807, 2.05) is 32.9 Å². The van der Waals surface area contributed by atoms with Crippen LogP contribution in [0.5, 0.6) is 0 Å². The van der Waals surface area contributed by atoms with Gasteiger partial charge in [0.1, 0.15) is 0 Å². The molecule has 0 unspecified atom stereocenters. The number of carbonyl (C=O) groups excluding carboxylic acids is 1. The first-order valence-corrected chi connectivity index (χ1v) is 6.05. The van der Waals surface area contributed by atoms with Crippen molar-refractivity contribution in [3.05, 3.63) is 22.2 Å². The van der Waals surface area contributed by atoms with Crippen molar-refractivity contribution >= 4 is 33.2 Å². The lowest BCUT2D eigenvalue weighted by atomic mass is 9.93. The van der Waals surface area contributed by atoms with Crippen molar-refractivity contribution in [3.8, 4) is 0 Å². The number of anilines is 2. The summed E-state index contributed by atoms with van der Waals surface area (Å²) in [5.74, 6) is 0.0447. The third-order valence-corrected chi connectivity index (χ3v) is 3.43. The fourth-order valence-electron chi connectivity index (χ4n) is 1.69. The average molecular weight is 283 g/mol. The predicted molar refractivity (Wildman–Crippen MR) is 69.8 cm³/mol. The molecule has 1 heterocycles. The number of rotatable bonds is 0. The number of hydrogen-bond donors (Lipinski definition) is 2. The van der Waals surface area contributed by atoms with E-state index in [9.17, 15) is 4.79 Å². The van der Waals surface area contributed by atoms with E-state index in [1.54, 1.807) is 0 Å². The van der Waals surface area contributed by atoms with Gasteiger partial charge in [-0.25, -0.2) is 0 Å². The van der Waals surface area contributed by atoms with Gasteiger partial charge in [-0.15, -0.1) is 0 Å². The van der Waals surface area contributed by atoms with E-state index >= 15 is 0 Å². The summed E-state index contributed by atoms with van der Waals surface area (Å²) >= 11 is 3.48. The quantitative estimate of drug-likeness (QED) is 0.768. The number of halogens is 1. The van der Waals surface area contributed by atoms with Gasteiger partial charge in [0.05, 0.1) is 16.8 Å². The lowest BCUT2D eigenvalue weighted by Gasteiger charge is -2.19. The first-order chi connectivity index (χ1) is 7.40. The summed E-state index contributed by atoms with van der Waals surface area (Å²) in [5, 5.41) is 6.27. The SMILES string of the molecule is Cc1cc(Br)c2c(c1)NCC(C)(C)C(=O)N2. The van der Waals surface area contributed by atoms with Gasteiger partial charge in [0.15, 0.2) is 0 Å². The van der Waals surface area contributed by atoms with Crippen molar-refractivity contribution in [2.45, 2.75) is 20.8 Å². The first-order valence-electron chi connectivity index (χ1n) is 5.25. The summed E-state index contributed by atoms with van der Waals surface area (Å²) in [4.78, 5) is 12.0. The molecule has 0 saturated carbocycles. The molecule has 0 atom stereocenters. The standard InChI is InChI=1S/C12H15BrN2O/c1-7-4-8(13)10-9(5-7)14-6-12(2,3)11(16)15-10/h4-5,14H,6H2,1-3H3,(H,15,16). The van der Waals surface area contributed by atoms with Gasteiger partial charge in [-0.05, 0) is 54.4 Å². The average Bonchev–Trinajstić information content (AvgIpc) is 2.28. The number of benzene rings is 1. The predicted octanol–water partition coefficient (Wildman–Crippen LogP) is 3.15. The molecule has 0 aliphatic carbocycles. The Bertz CT molecular complexity index is 455. The van der Waals surface area contributed by atoms with Crippen molar-refractivity contribution in [2.75, 3.05) is 17.2 Å². The van der Waals surface area contributed by atoms with Crippen LogP contribution in [0.15, 0.2) is 16.6 Å². The Labute approximate surface area is 104 Å². The van der Waals surface area contributed by atoms with E-state index in [-0.39, 0.29) is 5.91 Å². The van der Waals surface area contributed by atoms with Gasteiger partial charge in [-0.1, -0.05) is 0 Å². The molecule has 2 N–H and O–H groups in total. The van der Waals surface area contributed by atoms with E-state index in [1.165, 1.54) is 0 Å². The Morgan fingerprint density at radius 1 is 1.38 bits per heavy atom. The molecule has 0 saturated heterocycles. The maximum atomic E-state index is 12.0. The fraction of sp³-hybridized carbons (Fsp3) is 0.417. The monoisotopic (exact) mass is 282 g/mol. The molecule has 0 bridgehead atoms. The van der Waals surface area contributed by atoms with E-state index in [4.69, 9.17) is 0 Å². The highest BCUT2D eigenvalue weighted by Crippen LogP contribution is 2.36. The molecule has 0 fully saturated rings. The molecule has 1 aromatic carbocycles. The van der Waals surface area contributed by atoms with Gasteiger partial charge >= 0.3 is 0 Å². The number of hydrogen-bond acceptors (Lipinski definition) is 2. The Morgan fingerprint density at radius 2 is 2.06 bits per heavy atom. The lowest BCUT2D eigenvalue weighted by Crippen LogP contribution is -2.34. The van der Waals surface area contributed by atoms with Gasteiger partial charge in [0, 0.05) is 11.0 Å². The number of fused-ring (bicyclic) bond motifs is 1. The number of amides is 1. The number of carbonyl (C=O) groups is 1. The highest BCUT2D eigenvalue weighted by atomic mass is 79.9. The normalized spacial score (nSPS) is 18.1. The summed E-state index contributed by atoms with van der Waals surface area (Å²) < 4.78 is 0.918. The van der Waals surface area contributed by atoms with Crippen LogP contribution in [0.25, 0.3) is 0 Å². The summed E-state index contributed by atoms with van der Waals surface area (Å²) in [7, 11) is 0. The van der Waals surface area contributed by atoms with Crippen LogP contribution in [0.4, 0.5) is 11.4 Å². The summed E-state index contributed by atoms with van der Waals surface area (Å²) in [5.41, 5.74) is 2.57. The van der Waals surface area contributed by atoms with Gasteiger partial charge < -0.3 is 10.6 Å². The topological polar surface area (TPSA) is 41.1 Å². The zero-order valence-corrected chi connectivity index (χ0v) is 11.2. The van der Waals surface area contributed by atoms with E-state index in [0.29, 0.717) is 6.54 Å². The van der Waals surface area contributed by atoms with Crippen molar-refractivity contribution < 1.29 is 4.79 Å². The molecule has 3 nitrogen and oxygen atoms in total. The summed E-state index contributed by atoms with van der Waals surface area (Å²) in [6, 6.07) is 4.04. The van der Waals surface area contributed by atoms with Crippen molar-refractivity contribution in [3.63, 3.8) is 0 Å². The molecule has 1 aliphatic rings. The highest BCUT2D eigenvalue weighted by molar-refractivity contribution is 9.10. The van der Waals surface area contributed by atoms with Gasteiger partial charge in [-0.3, -0.25) is 4.79 Å². The Kier molecular flexibility index (Phi) is 2.70. The molecular formula is C12H15BrN2O. The fourth-order valence-corrected chi connectivity index (χ4v) is 2.36. The van der Waals surface area contributed by atoms with Gasteiger partial charge in [0.25, 0.3) is 0 Å². The number of nitrogens with one attached hydrogen (secondary N) is 2. The van der Waals surface area contributed by atoms with Crippen molar-refractivity contribution in [1.29, 1.82) is 0 Å². The van der Waals surface area contributed by atoms with Crippen LogP contribution in [0.3, 0.4) is 0 Å². The van der Waals surface area contributed by atoms with Crippen molar-refractivity contribution in [1.82, 2.24) is 0 Å². The Balaban J connectivity index is 2.49. The molecule has 0 spiro atoms. The minimum absolute atomic E-state index is 0.0447. The molecule has 86 valence electrons. The Hall–Kier alpha value is -1.03. The molecule has 2 rings (SSSR count).